The van der Waals surface area contributed by atoms with Crippen LogP contribution in [0, 0.1) is 0 Å². The largest absolute Gasteiger partial charge is 0.315 e. The average molecular weight is 399 g/mol. The van der Waals surface area contributed by atoms with Gasteiger partial charge in [0.1, 0.15) is 10.0 Å². The molecule has 6 nitrogen and oxygen atoms in total. The monoisotopic (exact) mass is 398 g/mol. The van der Waals surface area contributed by atoms with Gasteiger partial charge in [-0.1, -0.05) is 41.7 Å². The molecule has 27 heavy (non-hydrogen) atoms. The first kappa shape index (κ1) is 17.0. The van der Waals surface area contributed by atoms with Gasteiger partial charge in [0.2, 0.25) is 10.0 Å². The summed E-state index contributed by atoms with van der Waals surface area (Å²) in [7, 11) is -3.59. The van der Waals surface area contributed by atoms with E-state index in [2.05, 4.69) is 32.4 Å². The van der Waals surface area contributed by atoms with Gasteiger partial charge in [-0.05, 0) is 40.8 Å². The standard InChI is InChI=1S/C19H18N4O2S2/c24-27(25,21-11-18-22-23-19(26-18)14-9-20-10-14)15-5-6-17-13(8-15)7-12-3-1-2-4-16(12)17/h1-6,8,14,20-21H,7,9-11H2. The van der Waals surface area contributed by atoms with Crippen molar-refractivity contribution in [2.24, 2.45) is 0 Å². The molecule has 5 rings (SSSR count). The van der Waals surface area contributed by atoms with E-state index in [1.54, 1.807) is 12.1 Å². The number of hydrogen-bond acceptors (Lipinski definition) is 6. The minimum Gasteiger partial charge on any atom is -0.315 e. The van der Waals surface area contributed by atoms with Crippen LogP contribution in [0.5, 0.6) is 0 Å². The molecule has 2 N–H and O–H groups in total. The summed E-state index contributed by atoms with van der Waals surface area (Å²) in [6, 6.07) is 13.6. The van der Waals surface area contributed by atoms with E-state index >= 15 is 0 Å². The van der Waals surface area contributed by atoms with Gasteiger partial charge in [0.15, 0.2) is 0 Å². The molecule has 3 aromatic rings. The van der Waals surface area contributed by atoms with Crippen molar-refractivity contribution in [2.75, 3.05) is 13.1 Å². The van der Waals surface area contributed by atoms with Crippen LogP contribution in [0.25, 0.3) is 11.1 Å². The predicted octanol–water partition coefficient (Wildman–Crippen LogP) is 2.27. The molecule has 1 fully saturated rings. The minimum absolute atomic E-state index is 0.164. The molecule has 0 bridgehead atoms. The van der Waals surface area contributed by atoms with Crippen LogP contribution in [0.2, 0.25) is 0 Å². The number of rotatable bonds is 5. The highest BCUT2D eigenvalue weighted by Gasteiger charge is 2.24. The number of hydrogen-bond donors (Lipinski definition) is 2. The summed E-state index contributed by atoms with van der Waals surface area (Å²) in [5.74, 6) is 0.409. The lowest BCUT2D eigenvalue weighted by Gasteiger charge is -2.23. The van der Waals surface area contributed by atoms with Crippen molar-refractivity contribution in [3.63, 3.8) is 0 Å². The fourth-order valence-corrected chi connectivity index (χ4v) is 5.51. The summed E-state index contributed by atoms with van der Waals surface area (Å²) in [6.45, 7) is 1.99. The van der Waals surface area contributed by atoms with Crippen LogP contribution in [0.15, 0.2) is 47.4 Å². The Hall–Kier alpha value is -2.13. The van der Waals surface area contributed by atoms with Crippen molar-refractivity contribution in [2.45, 2.75) is 23.8 Å². The van der Waals surface area contributed by atoms with Crippen molar-refractivity contribution in [1.29, 1.82) is 0 Å². The molecule has 1 saturated heterocycles. The summed E-state index contributed by atoms with van der Waals surface area (Å²) in [5, 5.41) is 13.2. The third kappa shape index (κ3) is 3.08. The number of nitrogens with zero attached hydrogens (tertiary/aromatic N) is 2. The van der Waals surface area contributed by atoms with Gasteiger partial charge in [-0.3, -0.25) is 0 Å². The summed E-state index contributed by atoms with van der Waals surface area (Å²) in [4.78, 5) is 0.294. The number of sulfonamides is 1. The van der Waals surface area contributed by atoms with E-state index in [-0.39, 0.29) is 6.54 Å². The zero-order valence-corrected chi connectivity index (χ0v) is 16.1. The summed E-state index contributed by atoms with van der Waals surface area (Å²) in [5.41, 5.74) is 4.60. The van der Waals surface area contributed by atoms with Crippen LogP contribution in [0.1, 0.15) is 27.1 Å². The lowest BCUT2D eigenvalue weighted by atomic mass is 10.1. The Kier molecular flexibility index (Phi) is 4.08. The fraction of sp³-hybridized carbons (Fsp3) is 0.263. The molecular formula is C19H18N4O2S2. The van der Waals surface area contributed by atoms with Crippen LogP contribution < -0.4 is 10.0 Å². The van der Waals surface area contributed by atoms with Crippen molar-refractivity contribution in [1.82, 2.24) is 20.2 Å². The second kappa shape index (κ2) is 6.49. The van der Waals surface area contributed by atoms with Gasteiger partial charge in [0, 0.05) is 19.0 Å². The van der Waals surface area contributed by atoms with Crippen molar-refractivity contribution < 1.29 is 8.42 Å². The highest BCUT2D eigenvalue weighted by atomic mass is 32.2. The van der Waals surface area contributed by atoms with Crippen LogP contribution >= 0.6 is 11.3 Å². The molecule has 2 aromatic carbocycles. The molecule has 138 valence electrons. The number of fused-ring (bicyclic) bond motifs is 3. The molecule has 0 amide bonds. The maximum atomic E-state index is 12.7. The highest BCUT2D eigenvalue weighted by Crippen LogP contribution is 2.37. The summed E-state index contributed by atoms with van der Waals surface area (Å²) < 4.78 is 28.1. The van der Waals surface area contributed by atoms with Crippen LogP contribution in [-0.2, 0) is 23.0 Å². The van der Waals surface area contributed by atoms with Gasteiger partial charge in [0.05, 0.1) is 11.4 Å². The first-order valence-electron chi connectivity index (χ1n) is 8.84. The Morgan fingerprint density at radius 1 is 1.07 bits per heavy atom. The van der Waals surface area contributed by atoms with Crippen molar-refractivity contribution in [3.05, 3.63) is 63.6 Å². The van der Waals surface area contributed by atoms with E-state index in [0.717, 1.165) is 35.6 Å². The van der Waals surface area contributed by atoms with Gasteiger partial charge in [-0.2, -0.15) is 0 Å². The minimum atomic E-state index is -3.59. The molecule has 1 aliphatic carbocycles. The molecule has 2 aliphatic rings. The molecular weight excluding hydrogens is 380 g/mol. The van der Waals surface area contributed by atoms with Crippen LogP contribution in [0.3, 0.4) is 0 Å². The normalized spacial score (nSPS) is 16.0. The number of aromatic nitrogens is 2. The Morgan fingerprint density at radius 3 is 2.70 bits per heavy atom. The molecule has 0 radical (unpaired) electrons. The van der Waals surface area contributed by atoms with Gasteiger partial charge in [-0.25, -0.2) is 13.1 Å². The molecule has 1 aliphatic heterocycles. The maximum absolute atomic E-state index is 12.7. The second-order valence-electron chi connectivity index (χ2n) is 6.87. The quantitative estimate of drug-likeness (QED) is 0.539. The Bertz CT molecular complexity index is 1120. The molecule has 1 aromatic heterocycles. The molecule has 0 atom stereocenters. The molecule has 0 spiro atoms. The maximum Gasteiger partial charge on any atom is 0.240 e. The van der Waals surface area contributed by atoms with E-state index < -0.39 is 10.0 Å². The van der Waals surface area contributed by atoms with Gasteiger partial charge >= 0.3 is 0 Å². The number of nitrogens with one attached hydrogen (secondary N) is 2. The van der Waals surface area contributed by atoms with E-state index in [0.29, 0.717) is 15.8 Å². The topological polar surface area (TPSA) is 84.0 Å². The van der Waals surface area contributed by atoms with Crippen molar-refractivity contribution in [3.8, 4) is 11.1 Å². The smallest absolute Gasteiger partial charge is 0.240 e. The van der Waals surface area contributed by atoms with E-state index in [4.69, 9.17) is 0 Å². The summed E-state index contributed by atoms with van der Waals surface area (Å²) in [6.07, 6.45) is 0.768. The highest BCUT2D eigenvalue weighted by molar-refractivity contribution is 7.89. The summed E-state index contributed by atoms with van der Waals surface area (Å²) >= 11 is 1.48. The van der Waals surface area contributed by atoms with Crippen LogP contribution in [0.4, 0.5) is 0 Å². The zero-order valence-electron chi connectivity index (χ0n) is 14.5. The predicted molar refractivity (Wildman–Crippen MR) is 104 cm³/mol. The second-order valence-corrected chi connectivity index (χ2v) is 9.73. The van der Waals surface area contributed by atoms with E-state index in [9.17, 15) is 8.42 Å². The molecule has 8 heteroatoms. The number of benzene rings is 2. The molecule has 0 saturated carbocycles. The Morgan fingerprint density at radius 2 is 1.89 bits per heavy atom. The lowest BCUT2D eigenvalue weighted by molar-refractivity contribution is 0.444. The average Bonchev–Trinajstić information content (AvgIpc) is 3.22. The molecule has 0 unspecified atom stereocenters. The lowest BCUT2D eigenvalue weighted by Crippen LogP contribution is -2.39. The SMILES string of the molecule is O=S(=O)(NCc1nnc(C2CNC2)s1)c1ccc2c(c1)Cc1ccccc1-2. The third-order valence-corrected chi connectivity index (χ3v) is 7.59. The van der Waals surface area contributed by atoms with Crippen molar-refractivity contribution >= 4 is 21.4 Å². The van der Waals surface area contributed by atoms with Crippen LogP contribution in [-0.4, -0.2) is 31.7 Å². The van der Waals surface area contributed by atoms with Gasteiger partial charge < -0.3 is 5.32 Å². The van der Waals surface area contributed by atoms with Gasteiger partial charge in [0.25, 0.3) is 0 Å². The van der Waals surface area contributed by atoms with E-state index in [1.165, 1.54) is 22.5 Å². The third-order valence-electron chi connectivity index (χ3n) is 5.10. The van der Waals surface area contributed by atoms with Gasteiger partial charge in [-0.15, -0.1) is 10.2 Å². The Balaban J connectivity index is 1.33. The fourth-order valence-electron chi connectivity index (χ4n) is 3.50. The first-order valence-corrected chi connectivity index (χ1v) is 11.1. The Labute approximate surface area is 161 Å². The first-order chi connectivity index (χ1) is 13.1. The molecule has 2 heterocycles. The zero-order chi connectivity index (χ0) is 18.4. The van der Waals surface area contributed by atoms with E-state index in [1.807, 2.05) is 18.2 Å².